The number of amides is 1. The number of rotatable bonds is 5. The van der Waals surface area contributed by atoms with E-state index in [0.717, 1.165) is 37.2 Å². The van der Waals surface area contributed by atoms with E-state index in [1.165, 1.54) is 0 Å². The van der Waals surface area contributed by atoms with Gasteiger partial charge in [0.05, 0.1) is 22.6 Å². The van der Waals surface area contributed by atoms with Crippen molar-refractivity contribution in [3.63, 3.8) is 0 Å². The third-order valence-corrected chi connectivity index (χ3v) is 8.16. The van der Waals surface area contributed by atoms with Gasteiger partial charge in [0, 0.05) is 29.4 Å². The van der Waals surface area contributed by atoms with Crippen LogP contribution in [0, 0.1) is 11.3 Å². The van der Waals surface area contributed by atoms with Gasteiger partial charge in [0.1, 0.15) is 29.5 Å². The van der Waals surface area contributed by atoms with Crippen LogP contribution in [0.15, 0.2) is 30.3 Å². The average Bonchev–Trinajstić information content (AvgIpc) is 3.37. The van der Waals surface area contributed by atoms with Crippen molar-refractivity contribution in [1.82, 2.24) is 19.9 Å². The summed E-state index contributed by atoms with van der Waals surface area (Å²) >= 11 is 6.22. The van der Waals surface area contributed by atoms with E-state index in [9.17, 15) is 15.2 Å². The molecule has 3 heterocycles. The standard InChI is InChI=1S/C26H27ClN6O3/c1-25(35)13-18(14-25)33-23-16(15-28)10-19(12-22(23)30-31-33)36-9-8-32-6-4-26(5-7-32)20-11-17(27)2-3-21(20)29-24(26)34/h2-3,10-12,18,35H,4-9,13-14H2,1H3,(H,29,34)/t18-,25+. The van der Waals surface area contributed by atoms with Crippen LogP contribution in [0.1, 0.15) is 49.8 Å². The van der Waals surface area contributed by atoms with Crippen LogP contribution < -0.4 is 10.1 Å². The number of fused-ring (bicyclic) bond motifs is 3. The van der Waals surface area contributed by atoms with Gasteiger partial charge in [0.25, 0.3) is 0 Å². The number of hydrogen-bond acceptors (Lipinski definition) is 7. The number of nitriles is 1. The van der Waals surface area contributed by atoms with Gasteiger partial charge in [-0.2, -0.15) is 5.26 Å². The largest absolute Gasteiger partial charge is 0.492 e. The molecular formula is C26H27ClN6O3. The van der Waals surface area contributed by atoms with Gasteiger partial charge in [-0.15, -0.1) is 5.10 Å². The summed E-state index contributed by atoms with van der Waals surface area (Å²) in [6, 6.07) is 11.4. The Morgan fingerprint density at radius 1 is 1.28 bits per heavy atom. The molecule has 3 aliphatic rings. The number of carbonyl (C=O) groups excluding carboxylic acids is 1. The Kier molecular flexibility index (Phi) is 5.45. The van der Waals surface area contributed by atoms with Gasteiger partial charge in [-0.3, -0.25) is 9.69 Å². The lowest BCUT2D eigenvalue weighted by Gasteiger charge is -2.40. The maximum Gasteiger partial charge on any atom is 0.235 e. The monoisotopic (exact) mass is 506 g/mol. The van der Waals surface area contributed by atoms with Crippen molar-refractivity contribution in [2.45, 2.75) is 49.7 Å². The van der Waals surface area contributed by atoms with Gasteiger partial charge in [-0.05, 0) is 69.5 Å². The second-order valence-corrected chi connectivity index (χ2v) is 10.9. The minimum atomic E-state index is -0.690. The smallest absolute Gasteiger partial charge is 0.235 e. The molecule has 3 aromatic rings. The van der Waals surface area contributed by atoms with E-state index in [1.54, 1.807) is 23.7 Å². The second kappa shape index (κ2) is 8.44. The SMILES string of the molecule is C[C@]1(O)C[C@@H](n2nnc3cc(OCCN4CCC5(CC4)C(=O)Nc4ccc(Cl)cc45)cc(C#N)c32)C1. The van der Waals surface area contributed by atoms with E-state index >= 15 is 0 Å². The molecule has 1 amide bonds. The fraction of sp³-hybridized carbons (Fsp3) is 0.462. The number of piperidine rings is 1. The Morgan fingerprint density at radius 2 is 2.06 bits per heavy atom. The maximum absolute atomic E-state index is 12.8. The first-order valence-electron chi connectivity index (χ1n) is 12.3. The molecule has 36 heavy (non-hydrogen) atoms. The highest BCUT2D eigenvalue weighted by atomic mass is 35.5. The molecule has 0 radical (unpaired) electrons. The van der Waals surface area contributed by atoms with Crippen molar-refractivity contribution >= 4 is 34.2 Å². The summed E-state index contributed by atoms with van der Waals surface area (Å²) in [5.41, 5.74) is 2.43. The number of nitrogens with one attached hydrogen (secondary N) is 1. The number of likely N-dealkylation sites (tertiary alicyclic amines) is 1. The Bertz CT molecular complexity index is 1390. The lowest BCUT2D eigenvalue weighted by atomic mass is 9.73. The van der Waals surface area contributed by atoms with E-state index in [2.05, 4.69) is 26.6 Å². The van der Waals surface area contributed by atoms with Gasteiger partial charge in [-0.1, -0.05) is 16.8 Å². The molecule has 2 N–H and O–H groups in total. The summed E-state index contributed by atoms with van der Waals surface area (Å²) < 4.78 is 7.76. The maximum atomic E-state index is 12.8. The zero-order chi connectivity index (χ0) is 25.1. The second-order valence-electron chi connectivity index (χ2n) is 10.5. The van der Waals surface area contributed by atoms with Crippen molar-refractivity contribution in [2.24, 2.45) is 0 Å². The zero-order valence-electron chi connectivity index (χ0n) is 20.0. The van der Waals surface area contributed by atoms with Gasteiger partial charge >= 0.3 is 0 Å². The molecule has 2 fully saturated rings. The van der Waals surface area contributed by atoms with E-state index in [-0.39, 0.29) is 11.9 Å². The highest BCUT2D eigenvalue weighted by molar-refractivity contribution is 6.31. The predicted octanol–water partition coefficient (Wildman–Crippen LogP) is 3.41. The molecule has 6 rings (SSSR count). The predicted molar refractivity (Wildman–Crippen MR) is 134 cm³/mol. The van der Waals surface area contributed by atoms with Crippen molar-refractivity contribution in [3.8, 4) is 11.8 Å². The topological polar surface area (TPSA) is 116 Å². The number of carbonyl (C=O) groups is 1. The number of aromatic nitrogens is 3. The fourth-order valence-electron chi connectivity index (χ4n) is 5.94. The van der Waals surface area contributed by atoms with Gasteiger partial charge < -0.3 is 15.2 Å². The number of halogens is 1. The van der Waals surface area contributed by atoms with E-state index in [1.807, 2.05) is 18.2 Å². The molecule has 9 nitrogen and oxygen atoms in total. The highest BCUT2D eigenvalue weighted by Gasteiger charge is 2.48. The first-order valence-corrected chi connectivity index (χ1v) is 12.6. The molecule has 1 aromatic heterocycles. The molecule has 186 valence electrons. The molecule has 2 aliphatic heterocycles. The third kappa shape index (κ3) is 3.81. The molecule has 1 saturated carbocycles. The average molecular weight is 507 g/mol. The van der Waals surface area contributed by atoms with Crippen molar-refractivity contribution in [3.05, 3.63) is 46.5 Å². The van der Waals surface area contributed by atoms with E-state index in [4.69, 9.17) is 16.3 Å². The van der Waals surface area contributed by atoms with Gasteiger partial charge in [0.15, 0.2) is 0 Å². The highest BCUT2D eigenvalue weighted by Crippen LogP contribution is 2.46. The van der Waals surface area contributed by atoms with Crippen LogP contribution in [0.5, 0.6) is 5.75 Å². The van der Waals surface area contributed by atoms with E-state index < -0.39 is 11.0 Å². The van der Waals surface area contributed by atoms with Gasteiger partial charge in [-0.25, -0.2) is 4.68 Å². The number of ether oxygens (including phenoxy) is 1. The van der Waals surface area contributed by atoms with Crippen LogP contribution >= 0.6 is 11.6 Å². The number of nitrogens with zero attached hydrogens (tertiary/aromatic N) is 5. The van der Waals surface area contributed by atoms with Crippen molar-refractivity contribution in [1.29, 1.82) is 5.26 Å². The molecule has 0 unspecified atom stereocenters. The molecule has 10 heteroatoms. The Balaban J connectivity index is 1.09. The summed E-state index contributed by atoms with van der Waals surface area (Å²) in [5.74, 6) is 0.644. The first-order chi connectivity index (χ1) is 17.3. The number of hydrogen-bond donors (Lipinski definition) is 2. The third-order valence-electron chi connectivity index (χ3n) is 7.92. The quantitative estimate of drug-likeness (QED) is 0.544. The summed E-state index contributed by atoms with van der Waals surface area (Å²) in [4.78, 5) is 15.1. The first kappa shape index (κ1) is 23.2. The molecule has 1 aliphatic carbocycles. The van der Waals surface area contributed by atoms with Crippen LogP contribution in [-0.4, -0.2) is 62.7 Å². The Morgan fingerprint density at radius 3 is 2.78 bits per heavy atom. The van der Waals surface area contributed by atoms with Crippen LogP contribution in [0.3, 0.4) is 0 Å². The number of benzene rings is 2. The van der Waals surface area contributed by atoms with Gasteiger partial charge in [0.2, 0.25) is 5.91 Å². The van der Waals surface area contributed by atoms with E-state index in [0.29, 0.717) is 53.4 Å². The zero-order valence-corrected chi connectivity index (χ0v) is 20.8. The summed E-state index contributed by atoms with van der Waals surface area (Å²) in [7, 11) is 0. The van der Waals surface area contributed by atoms with Crippen LogP contribution in [0.2, 0.25) is 5.02 Å². The summed E-state index contributed by atoms with van der Waals surface area (Å²) in [6.45, 7) is 4.54. The van der Waals surface area contributed by atoms with Crippen LogP contribution in [-0.2, 0) is 10.2 Å². The van der Waals surface area contributed by atoms with Crippen molar-refractivity contribution in [2.75, 3.05) is 31.6 Å². The summed E-state index contributed by atoms with van der Waals surface area (Å²) in [6.07, 6.45) is 2.64. The summed E-state index contributed by atoms with van der Waals surface area (Å²) in [5, 5.41) is 32.0. The van der Waals surface area contributed by atoms with Crippen LogP contribution in [0.4, 0.5) is 5.69 Å². The number of anilines is 1. The Hall–Kier alpha value is -3.19. The molecule has 1 saturated heterocycles. The minimum absolute atomic E-state index is 0.0382. The number of aliphatic hydroxyl groups is 1. The van der Waals surface area contributed by atoms with Crippen LogP contribution in [0.25, 0.3) is 11.0 Å². The minimum Gasteiger partial charge on any atom is -0.492 e. The fourth-order valence-corrected chi connectivity index (χ4v) is 6.11. The molecule has 1 spiro atoms. The molecule has 2 aromatic carbocycles. The molecular weight excluding hydrogens is 480 g/mol. The lowest BCUT2D eigenvalue weighted by molar-refractivity contribution is -0.122. The Labute approximate surface area is 213 Å². The van der Waals surface area contributed by atoms with Crippen molar-refractivity contribution < 1.29 is 14.6 Å². The molecule has 0 bridgehead atoms. The molecule has 0 atom stereocenters. The lowest BCUT2D eigenvalue weighted by Crippen LogP contribution is -2.47. The normalized spacial score (nSPS) is 24.8.